The molecule has 1 aliphatic heterocycles. The van der Waals surface area contributed by atoms with Crippen molar-refractivity contribution < 1.29 is 14.3 Å². The molecular formula is C20H26N4O3. The van der Waals surface area contributed by atoms with Crippen LogP contribution in [0.5, 0.6) is 5.75 Å². The SMILES string of the molecule is COc1cccc(C(=O)N2CCC(C(=O)Nc3cnn(C(C)C)c3)CC2)c1. The van der Waals surface area contributed by atoms with Gasteiger partial charge in [0.05, 0.1) is 19.0 Å². The molecule has 3 rings (SSSR count). The van der Waals surface area contributed by atoms with Crippen molar-refractivity contribution in [2.75, 3.05) is 25.5 Å². The van der Waals surface area contributed by atoms with Gasteiger partial charge in [-0.3, -0.25) is 14.3 Å². The summed E-state index contributed by atoms with van der Waals surface area (Å²) in [4.78, 5) is 27.0. The first kappa shape index (κ1) is 18.9. The Morgan fingerprint density at radius 2 is 2.00 bits per heavy atom. The van der Waals surface area contributed by atoms with Crippen LogP contribution in [0.25, 0.3) is 0 Å². The monoisotopic (exact) mass is 370 g/mol. The third-order valence-corrected chi connectivity index (χ3v) is 4.87. The number of nitrogens with one attached hydrogen (secondary N) is 1. The Kier molecular flexibility index (Phi) is 5.78. The fourth-order valence-electron chi connectivity index (χ4n) is 3.21. The second-order valence-electron chi connectivity index (χ2n) is 7.09. The number of benzene rings is 1. The van der Waals surface area contributed by atoms with Gasteiger partial charge in [-0.15, -0.1) is 0 Å². The molecule has 0 saturated carbocycles. The highest BCUT2D eigenvalue weighted by Crippen LogP contribution is 2.22. The first-order valence-electron chi connectivity index (χ1n) is 9.26. The highest BCUT2D eigenvalue weighted by Gasteiger charge is 2.28. The Hall–Kier alpha value is -2.83. The lowest BCUT2D eigenvalue weighted by Gasteiger charge is -2.31. The largest absolute Gasteiger partial charge is 0.497 e. The summed E-state index contributed by atoms with van der Waals surface area (Å²) in [6.07, 6.45) is 4.81. The van der Waals surface area contributed by atoms with E-state index < -0.39 is 0 Å². The molecule has 27 heavy (non-hydrogen) atoms. The van der Waals surface area contributed by atoms with Crippen LogP contribution in [-0.4, -0.2) is 46.7 Å². The summed E-state index contributed by atoms with van der Waals surface area (Å²) in [6.45, 7) is 5.21. The van der Waals surface area contributed by atoms with E-state index in [2.05, 4.69) is 10.4 Å². The Morgan fingerprint density at radius 1 is 1.26 bits per heavy atom. The number of likely N-dealkylation sites (tertiary alicyclic amines) is 1. The summed E-state index contributed by atoms with van der Waals surface area (Å²) in [5.41, 5.74) is 1.32. The van der Waals surface area contributed by atoms with Crippen LogP contribution in [0.4, 0.5) is 5.69 Å². The zero-order valence-corrected chi connectivity index (χ0v) is 16.0. The molecule has 7 heteroatoms. The molecule has 0 spiro atoms. The van der Waals surface area contributed by atoms with Gasteiger partial charge in [0.2, 0.25) is 5.91 Å². The Labute approximate surface area is 159 Å². The van der Waals surface area contributed by atoms with Crippen molar-refractivity contribution in [3.63, 3.8) is 0 Å². The van der Waals surface area contributed by atoms with Gasteiger partial charge in [-0.1, -0.05) is 6.07 Å². The fourth-order valence-corrected chi connectivity index (χ4v) is 3.21. The third kappa shape index (κ3) is 4.48. The van der Waals surface area contributed by atoms with Gasteiger partial charge in [0, 0.05) is 36.8 Å². The number of ether oxygens (including phenoxy) is 1. The Morgan fingerprint density at radius 3 is 2.63 bits per heavy atom. The summed E-state index contributed by atoms with van der Waals surface area (Å²) < 4.78 is 6.99. The van der Waals surface area contributed by atoms with Crippen LogP contribution in [0.1, 0.15) is 43.1 Å². The molecule has 1 aromatic heterocycles. The lowest BCUT2D eigenvalue weighted by atomic mass is 9.95. The van der Waals surface area contributed by atoms with Crippen LogP contribution >= 0.6 is 0 Å². The smallest absolute Gasteiger partial charge is 0.253 e. The number of rotatable bonds is 5. The van der Waals surface area contributed by atoms with E-state index in [9.17, 15) is 9.59 Å². The van der Waals surface area contributed by atoms with Crippen molar-refractivity contribution >= 4 is 17.5 Å². The van der Waals surface area contributed by atoms with Gasteiger partial charge in [-0.2, -0.15) is 5.10 Å². The van der Waals surface area contributed by atoms with E-state index in [0.717, 1.165) is 0 Å². The lowest BCUT2D eigenvalue weighted by molar-refractivity contribution is -0.121. The number of carbonyl (C=O) groups excluding carboxylic acids is 2. The molecule has 1 N–H and O–H groups in total. The van der Waals surface area contributed by atoms with Crippen LogP contribution in [0.3, 0.4) is 0 Å². The average molecular weight is 370 g/mol. The summed E-state index contributed by atoms with van der Waals surface area (Å²) in [5, 5.41) is 7.17. The molecule has 1 aromatic carbocycles. The van der Waals surface area contributed by atoms with Gasteiger partial charge in [0.1, 0.15) is 5.75 Å². The first-order valence-corrected chi connectivity index (χ1v) is 9.26. The number of hydrogen-bond donors (Lipinski definition) is 1. The van der Waals surface area contributed by atoms with Crippen molar-refractivity contribution in [1.82, 2.24) is 14.7 Å². The van der Waals surface area contributed by atoms with E-state index in [0.29, 0.717) is 42.9 Å². The minimum absolute atomic E-state index is 0.00761. The standard InChI is InChI=1S/C20H26N4O3/c1-14(2)24-13-17(12-21-24)22-19(25)15-7-9-23(10-8-15)20(26)16-5-4-6-18(11-16)27-3/h4-6,11-15H,7-10H2,1-3H3,(H,22,25). The highest BCUT2D eigenvalue weighted by atomic mass is 16.5. The van der Waals surface area contributed by atoms with Crippen LogP contribution in [0.15, 0.2) is 36.7 Å². The molecular weight excluding hydrogens is 344 g/mol. The number of anilines is 1. The van der Waals surface area contributed by atoms with Crippen LogP contribution in [-0.2, 0) is 4.79 Å². The number of carbonyl (C=O) groups is 2. The molecule has 2 heterocycles. The number of hydrogen-bond acceptors (Lipinski definition) is 4. The second-order valence-corrected chi connectivity index (χ2v) is 7.09. The Bertz CT molecular complexity index is 807. The van der Waals surface area contributed by atoms with E-state index in [1.54, 1.807) is 30.3 Å². The zero-order chi connectivity index (χ0) is 19.4. The van der Waals surface area contributed by atoms with Crippen LogP contribution in [0.2, 0.25) is 0 Å². The van der Waals surface area contributed by atoms with Crippen LogP contribution in [0, 0.1) is 5.92 Å². The van der Waals surface area contributed by atoms with E-state index in [1.807, 2.05) is 36.9 Å². The molecule has 1 aliphatic rings. The summed E-state index contributed by atoms with van der Waals surface area (Å²) in [7, 11) is 1.58. The molecule has 0 unspecified atom stereocenters. The molecule has 2 aromatic rings. The summed E-state index contributed by atoms with van der Waals surface area (Å²) in [5.74, 6) is 0.538. The number of piperidine rings is 1. The predicted octanol–water partition coefficient (Wildman–Crippen LogP) is 2.96. The van der Waals surface area contributed by atoms with Crippen molar-refractivity contribution in [3.05, 3.63) is 42.2 Å². The summed E-state index contributed by atoms with van der Waals surface area (Å²) >= 11 is 0. The minimum atomic E-state index is -0.0956. The molecule has 0 bridgehead atoms. The number of methoxy groups -OCH3 is 1. The maximum atomic E-state index is 12.7. The Balaban J connectivity index is 1.54. The van der Waals surface area contributed by atoms with E-state index in [-0.39, 0.29) is 23.8 Å². The number of amides is 2. The topological polar surface area (TPSA) is 76.5 Å². The maximum Gasteiger partial charge on any atom is 0.253 e. The van der Waals surface area contributed by atoms with Gasteiger partial charge >= 0.3 is 0 Å². The molecule has 1 fully saturated rings. The van der Waals surface area contributed by atoms with E-state index in [1.165, 1.54) is 0 Å². The normalized spacial score (nSPS) is 15.0. The van der Waals surface area contributed by atoms with Gasteiger partial charge in [-0.05, 0) is 44.9 Å². The molecule has 0 radical (unpaired) electrons. The van der Waals surface area contributed by atoms with Gasteiger partial charge in [0.15, 0.2) is 0 Å². The molecule has 2 amide bonds. The van der Waals surface area contributed by atoms with Crippen molar-refractivity contribution in [1.29, 1.82) is 0 Å². The summed E-state index contributed by atoms with van der Waals surface area (Å²) in [6, 6.07) is 7.41. The van der Waals surface area contributed by atoms with Gasteiger partial charge < -0.3 is 15.0 Å². The zero-order valence-electron chi connectivity index (χ0n) is 16.0. The maximum absolute atomic E-state index is 12.7. The molecule has 1 saturated heterocycles. The van der Waals surface area contributed by atoms with Crippen molar-refractivity contribution in [2.45, 2.75) is 32.7 Å². The molecule has 144 valence electrons. The lowest BCUT2D eigenvalue weighted by Crippen LogP contribution is -2.41. The van der Waals surface area contributed by atoms with Gasteiger partial charge in [-0.25, -0.2) is 0 Å². The van der Waals surface area contributed by atoms with E-state index in [4.69, 9.17) is 4.74 Å². The predicted molar refractivity (Wildman–Crippen MR) is 103 cm³/mol. The van der Waals surface area contributed by atoms with E-state index >= 15 is 0 Å². The second kappa shape index (κ2) is 8.24. The number of nitrogens with zero attached hydrogens (tertiary/aromatic N) is 3. The molecule has 0 aliphatic carbocycles. The van der Waals surface area contributed by atoms with Crippen LogP contribution < -0.4 is 10.1 Å². The van der Waals surface area contributed by atoms with Crippen molar-refractivity contribution in [3.8, 4) is 5.75 Å². The molecule has 7 nitrogen and oxygen atoms in total. The first-order chi connectivity index (χ1) is 13.0. The fraction of sp³-hybridized carbons (Fsp3) is 0.450. The van der Waals surface area contributed by atoms with Crippen molar-refractivity contribution in [2.24, 2.45) is 5.92 Å². The third-order valence-electron chi connectivity index (χ3n) is 4.87. The average Bonchev–Trinajstić information content (AvgIpc) is 3.16. The molecule has 0 atom stereocenters. The minimum Gasteiger partial charge on any atom is -0.497 e. The van der Waals surface area contributed by atoms with Gasteiger partial charge in [0.25, 0.3) is 5.91 Å². The number of aromatic nitrogens is 2. The highest BCUT2D eigenvalue weighted by molar-refractivity contribution is 5.95. The quantitative estimate of drug-likeness (QED) is 0.878.